The molecular weight excluding hydrogens is 260 g/mol. The summed E-state index contributed by atoms with van der Waals surface area (Å²) in [7, 11) is 0. The second-order valence-corrected chi connectivity index (χ2v) is 6.09. The van der Waals surface area contributed by atoms with Gasteiger partial charge < -0.3 is 4.74 Å². The number of aromatic nitrogens is 1. The molecule has 0 amide bonds. The molecule has 1 aliphatic carbocycles. The number of nitriles is 1. The number of nitrogens with zero attached hydrogens (tertiary/aromatic N) is 2. The van der Waals surface area contributed by atoms with Gasteiger partial charge in [0.2, 0.25) is 0 Å². The van der Waals surface area contributed by atoms with Gasteiger partial charge >= 0.3 is 0 Å². The van der Waals surface area contributed by atoms with Crippen LogP contribution in [0.2, 0.25) is 0 Å². The Kier molecular flexibility index (Phi) is 3.79. The van der Waals surface area contributed by atoms with Crippen LogP contribution in [-0.4, -0.2) is 11.1 Å². The second-order valence-electron chi connectivity index (χ2n) is 6.09. The molecule has 0 bridgehead atoms. The molecule has 1 heterocycles. The highest BCUT2D eigenvalue weighted by Crippen LogP contribution is 2.33. The number of pyridine rings is 1. The van der Waals surface area contributed by atoms with Crippen molar-refractivity contribution in [3.05, 3.63) is 36.0 Å². The first-order valence-corrected chi connectivity index (χ1v) is 7.60. The van der Waals surface area contributed by atoms with Gasteiger partial charge in [0.05, 0.1) is 12.0 Å². The average molecular weight is 280 g/mol. The number of rotatable bonds is 2. The van der Waals surface area contributed by atoms with Crippen molar-refractivity contribution < 1.29 is 4.74 Å². The van der Waals surface area contributed by atoms with E-state index in [9.17, 15) is 5.26 Å². The van der Waals surface area contributed by atoms with Crippen molar-refractivity contribution in [2.24, 2.45) is 11.8 Å². The first-order chi connectivity index (χ1) is 10.2. The maximum atomic E-state index is 9.34. The van der Waals surface area contributed by atoms with Crippen LogP contribution in [0.3, 0.4) is 0 Å². The van der Waals surface area contributed by atoms with Crippen molar-refractivity contribution in [1.29, 1.82) is 5.26 Å². The molecule has 0 aliphatic heterocycles. The van der Waals surface area contributed by atoms with E-state index in [0.29, 0.717) is 5.92 Å². The Morgan fingerprint density at radius 1 is 1.24 bits per heavy atom. The first kappa shape index (κ1) is 13.9. The lowest BCUT2D eigenvalue weighted by Crippen LogP contribution is -2.32. The first-order valence-electron chi connectivity index (χ1n) is 7.60. The molecule has 2 aromatic rings. The van der Waals surface area contributed by atoms with Crippen LogP contribution in [0.5, 0.6) is 5.75 Å². The van der Waals surface area contributed by atoms with Crippen LogP contribution in [0.4, 0.5) is 0 Å². The molecule has 3 heteroatoms. The predicted octanol–water partition coefficient (Wildman–Crippen LogP) is 4.25. The SMILES string of the molecule is Cc1ccc2cccc(OC3CC(C)CCC3C#N)c2n1. The van der Waals surface area contributed by atoms with Crippen molar-refractivity contribution >= 4 is 10.9 Å². The zero-order valence-electron chi connectivity index (χ0n) is 12.5. The largest absolute Gasteiger partial charge is 0.487 e. The van der Waals surface area contributed by atoms with Crippen LogP contribution < -0.4 is 4.74 Å². The van der Waals surface area contributed by atoms with Crippen molar-refractivity contribution in [3.8, 4) is 11.8 Å². The predicted molar refractivity (Wildman–Crippen MR) is 83.0 cm³/mol. The molecule has 0 saturated heterocycles. The van der Waals surface area contributed by atoms with Crippen molar-refractivity contribution in [2.75, 3.05) is 0 Å². The summed E-state index contributed by atoms with van der Waals surface area (Å²) in [5.74, 6) is 1.40. The summed E-state index contributed by atoms with van der Waals surface area (Å²) in [6.07, 6.45) is 2.97. The topological polar surface area (TPSA) is 45.9 Å². The van der Waals surface area contributed by atoms with Gasteiger partial charge in [-0.25, -0.2) is 4.98 Å². The summed E-state index contributed by atoms with van der Waals surface area (Å²) >= 11 is 0. The van der Waals surface area contributed by atoms with E-state index >= 15 is 0 Å². The Hall–Kier alpha value is -2.08. The molecule has 3 unspecified atom stereocenters. The number of ether oxygens (including phenoxy) is 1. The van der Waals surface area contributed by atoms with Gasteiger partial charge in [-0.1, -0.05) is 25.1 Å². The molecule has 1 aromatic heterocycles. The van der Waals surface area contributed by atoms with E-state index in [0.717, 1.165) is 41.6 Å². The van der Waals surface area contributed by atoms with Crippen LogP contribution in [0.25, 0.3) is 10.9 Å². The third kappa shape index (κ3) is 2.85. The standard InChI is InChI=1S/C18H20N2O/c1-12-6-8-15(11-19)17(10-12)21-16-5-3-4-14-9-7-13(2)20-18(14)16/h3-5,7,9,12,15,17H,6,8,10H2,1-2H3. The molecule has 3 rings (SSSR count). The minimum Gasteiger partial charge on any atom is -0.487 e. The van der Waals surface area contributed by atoms with E-state index in [4.69, 9.17) is 4.74 Å². The molecule has 21 heavy (non-hydrogen) atoms. The van der Waals surface area contributed by atoms with Crippen LogP contribution in [-0.2, 0) is 0 Å². The third-order valence-corrected chi connectivity index (χ3v) is 4.32. The second kappa shape index (κ2) is 5.73. The molecule has 0 radical (unpaired) electrons. The highest BCUT2D eigenvalue weighted by atomic mass is 16.5. The summed E-state index contributed by atoms with van der Waals surface area (Å²) in [6.45, 7) is 4.21. The van der Waals surface area contributed by atoms with E-state index < -0.39 is 0 Å². The molecule has 1 saturated carbocycles. The fraction of sp³-hybridized carbons (Fsp3) is 0.444. The Balaban J connectivity index is 1.93. The van der Waals surface area contributed by atoms with Crippen molar-refractivity contribution in [1.82, 2.24) is 4.98 Å². The Labute approximate surface area is 125 Å². The van der Waals surface area contributed by atoms with E-state index in [2.05, 4.69) is 24.0 Å². The minimum atomic E-state index is -0.0216. The maximum Gasteiger partial charge on any atom is 0.146 e. The molecule has 1 aliphatic rings. The number of hydrogen-bond acceptors (Lipinski definition) is 3. The van der Waals surface area contributed by atoms with Crippen molar-refractivity contribution in [3.63, 3.8) is 0 Å². The number of aryl methyl sites for hydroxylation is 1. The summed E-state index contributed by atoms with van der Waals surface area (Å²) in [6, 6.07) is 12.5. The van der Waals surface area contributed by atoms with Crippen LogP contribution in [0.15, 0.2) is 30.3 Å². The summed E-state index contributed by atoms with van der Waals surface area (Å²) in [5, 5.41) is 10.4. The fourth-order valence-electron chi connectivity index (χ4n) is 3.08. The molecule has 1 aromatic carbocycles. The van der Waals surface area contributed by atoms with Gasteiger partial charge in [0.15, 0.2) is 0 Å². The minimum absolute atomic E-state index is 0.0127. The van der Waals surface area contributed by atoms with E-state index in [1.165, 1.54) is 0 Å². The van der Waals surface area contributed by atoms with E-state index in [1.54, 1.807) is 0 Å². The summed E-state index contributed by atoms with van der Waals surface area (Å²) < 4.78 is 6.21. The van der Waals surface area contributed by atoms with Crippen LogP contribution >= 0.6 is 0 Å². The van der Waals surface area contributed by atoms with Gasteiger partial charge in [-0.15, -0.1) is 0 Å². The van der Waals surface area contributed by atoms with Crippen molar-refractivity contribution in [2.45, 2.75) is 39.2 Å². The number of fused-ring (bicyclic) bond motifs is 1. The Bertz CT molecular complexity index is 689. The van der Waals surface area contributed by atoms with Gasteiger partial charge in [0.1, 0.15) is 17.4 Å². The highest BCUT2D eigenvalue weighted by Gasteiger charge is 2.30. The van der Waals surface area contributed by atoms with Gasteiger partial charge in [-0.2, -0.15) is 5.26 Å². The average Bonchev–Trinajstić information content (AvgIpc) is 2.48. The lowest BCUT2D eigenvalue weighted by Gasteiger charge is -2.31. The lowest BCUT2D eigenvalue weighted by atomic mass is 9.81. The Morgan fingerprint density at radius 3 is 2.90 bits per heavy atom. The van der Waals surface area contributed by atoms with Gasteiger partial charge in [-0.05, 0) is 44.2 Å². The third-order valence-electron chi connectivity index (χ3n) is 4.32. The summed E-state index contributed by atoms with van der Waals surface area (Å²) in [5.41, 5.74) is 1.87. The summed E-state index contributed by atoms with van der Waals surface area (Å²) in [4.78, 5) is 4.60. The van der Waals surface area contributed by atoms with E-state index in [-0.39, 0.29) is 12.0 Å². The highest BCUT2D eigenvalue weighted by molar-refractivity contribution is 5.84. The normalized spacial score (nSPS) is 25.5. The smallest absolute Gasteiger partial charge is 0.146 e. The molecule has 108 valence electrons. The Morgan fingerprint density at radius 2 is 2.10 bits per heavy atom. The molecule has 3 atom stereocenters. The zero-order chi connectivity index (χ0) is 14.8. The van der Waals surface area contributed by atoms with Gasteiger partial charge in [0, 0.05) is 11.1 Å². The molecule has 3 nitrogen and oxygen atoms in total. The number of benzene rings is 1. The molecule has 0 N–H and O–H groups in total. The zero-order valence-corrected chi connectivity index (χ0v) is 12.5. The van der Waals surface area contributed by atoms with Gasteiger partial charge in [0.25, 0.3) is 0 Å². The molecule has 0 spiro atoms. The number of para-hydroxylation sites is 1. The van der Waals surface area contributed by atoms with E-state index in [1.807, 2.05) is 31.2 Å². The van der Waals surface area contributed by atoms with Gasteiger partial charge in [-0.3, -0.25) is 0 Å². The fourth-order valence-corrected chi connectivity index (χ4v) is 3.08. The van der Waals surface area contributed by atoms with Crippen LogP contribution in [0.1, 0.15) is 31.9 Å². The lowest BCUT2D eigenvalue weighted by molar-refractivity contribution is 0.0969. The number of hydrogen-bond donors (Lipinski definition) is 0. The monoisotopic (exact) mass is 280 g/mol. The molecular formula is C18H20N2O. The quantitative estimate of drug-likeness (QED) is 0.826. The van der Waals surface area contributed by atoms with Crippen LogP contribution in [0, 0.1) is 30.1 Å². The molecule has 1 fully saturated rings. The maximum absolute atomic E-state index is 9.34.